The lowest BCUT2D eigenvalue weighted by molar-refractivity contribution is -0.128. The molecule has 7 heteroatoms. The standard InChI is InChI=1S/C21H29N5O2/c1-6-7-17-18(19(27)22-16-12-13-25(5)20(16)28)23-24-26(17)15-10-8-14(9-11-15)21(2,3)4/h8-11,16H,6-7,12-13H2,1-5H3,(H,22,27). The van der Waals surface area contributed by atoms with Crippen molar-refractivity contribution >= 4 is 11.8 Å². The van der Waals surface area contributed by atoms with Crippen LogP contribution in [0.3, 0.4) is 0 Å². The van der Waals surface area contributed by atoms with Gasteiger partial charge in [-0.15, -0.1) is 5.10 Å². The normalized spacial score (nSPS) is 17.2. The summed E-state index contributed by atoms with van der Waals surface area (Å²) in [5.41, 5.74) is 3.24. The molecule has 1 N–H and O–H groups in total. The Labute approximate surface area is 166 Å². The third kappa shape index (κ3) is 3.93. The van der Waals surface area contributed by atoms with Gasteiger partial charge in [0.2, 0.25) is 5.91 Å². The first-order valence-electron chi connectivity index (χ1n) is 9.83. The van der Waals surface area contributed by atoms with Gasteiger partial charge in [-0.05, 0) is 36.0 Å². The molecule has 0 radical (unpaired) electrons. The highest BCUT2D eigenvalue weighted by molar-refractivity contribution is 5.97. The number of nitrogens with one attached hydrogen (secondary N) is 1. The highest BCUT2D eigenvalue weighted by atomic mass is 16.2. The summed E-state index contributed by atoms with van der Waals surface area (Å²) in [6.45, 7) is 9.22. The Kier molecular flexibility index (Phi) is 5.54. The van der Waals surface area contributed by atoms with E-state index in [1.165, 1.54) is 5.56 Å². The van der Waals surface area contributed by atoms with Crippen LogP contribution in [0, 0.1) is 0 Å². The number of amides is 2. The van der Waals surface area contributed by atoms with E-state index in [-0.39, 0.29) is 17.2 Å². The Morgan fingerprint density at radius 2 is 1.93 bits per heavy atom. The van der Waals surface area contributed by atoms with Crippen LogP contribution in [0.5, 0.6) is 0 Å². The van der Waals surface area contributed by atoms with Crippen LogP contribution in [0.25, 0.3) is 5.69 Å². The summed E-state index contributed by atoms with van der Waals surface area (Å²) in [5.74, 6) is -0.398. The van der Waals surface area contributed by atoms with Gasteiger partial charge in [0.05, 0.1) is 11.4 Å². The quantitative estimate of drug-likeness (QED) is 0.860. The number of aromatic nitrogens is 3. The second-order valence-corrected chi connectivity index (χ2v) is 8.42. The second kappa shape index (κ2) is 7.73. The van der Waals surface area contributed by atoms with Gasteiger partial charge in [0.15, 0.2) is 5.69 Å². The molecule has 7 nitrogen and oxygen atoms in total. The van der Waals surface area contributed by atoms with Gasteiger partial charge in [0, 0.05) is 13.6 Å². The summed E-state index contributed by atoms with van der Waals surface area (Å²) in [5, 5.41) is 11.2. The van der Waals surface area contributed by atoms with Crippen molar-refractivity contribution in [1.82, 2.24) is 25.2 Å². The molecule has 28 heavy (non-hydrogen) atoms. The lowest BCUT2D eigenvalue weighted by atomic mass is 9.87. The van der Waals surface area contributed by atoms with Crippen molar-refractivity contribution in [2.24, 2.45) is 0 Å². The van der Waals surface area contributed by atoms with Crippen LogP contribution >= 0.6 is 0 Å². The number of hydrogen-bond acceptors (Lipinski definition) is 4. The molecule has 1 aliphatic heterocycles. The Hall–Kier alpha value is -2.70. The Bertz CT molecular complexity index is 864. The van der Waals surface area contributed by atoms with Crippen molar-refractivity contribution in [3.8, 4) is 5.69 Å². The third-order valence-electron chi connectivity index (χ3n) is 5.18. The molecule has 150 valence electrons. The van der Waals surface area contributed by atoms with Gasteiger partial charge in [-0.2, -0.15) is 0 Å². The van der Waals surface area contributed by atoms with Crippen molar-refractivity contribution < 1.29 is 9.59 Å². The molecule has 2 heterocycles. The maximum atomic E-state index is 12.8. The van der Waals surface area contributed by atoms with E-state index < -0.39 is 6.04 Å². The fourth-order valence-corrected chi connectivity index (χ4v) is 3.43. The molecule has 1 unspecified atom stereocenters. The molecule has 1 saturated heterocycles. The van der Waals surface area contributed by atoms with E-state index in [9.17, 15) is 9.59 Å². The van der Waals surface area contributed by atoms with E-state index in [0.29, 0.717) is 25.1 Å². The lowest BCUT2D eigenvalue weighted by Gasteiger charge is -2.19. The molecular formula is C21H29N5O2. The van der Waals surface area contributed by atoms with E-state index in [0.717, 1.165) is 17.8 Å². The minimum absolute atomic E-state index is 0.0597. The minimum Gasteiger partial charge on any atom is -0.344 e. The van der Waals surface area contributed by atoms with E-state index in [1.807, 2.05) is 12.1 Å². The molecule has 1 fully saturated rings. The molecular weight excluding hydrogens is 354 g/mol. The number of nitrogens with zero attached hydrogens (tertiary/aromatic N) is 4. The first-order chi connectivity index (χ1) is 13.2. The average molecular weight is 383 g/mol. The topological polar surface area (TPSA) is 80.1 Å². The van der Waals surface area contributed by atoms with Crippen LogP contribution < -0.4 is 5.32 Å². The number of likely N-dealkylation sites (N-methyl/N-ethyl adjacent to an activating group) is 1. The molecule has 1 atom stereocenters. The zero-order valence-corrected chi connectivity index (χ0v) is 17.3. The van der Waals surface area contributed by atoms with Gasteiger partial charge >= 0.3 is 0 Å². The predicted octanol–water partition coefficient (Wildman–Crippen LogP) is 2.48. The van der Waals surface area contributed by atoms with E-state index in [4.69, 9.17) is 0 Å². The monoisotopic (exact) mass is 383 g/mol. The number of rotatable bonds is 5. The zero-order valence-electron chi connectivity index (χ0n) is 17.3. The Balaban J connectivity index is 1.87. The third-order valence-corrected chi connectivity index (χ3v) is 5.18. The number of carbonyl (C=O) groups is 2. The zero-order chi connectivity index (χ0) is 20.5. The van der Waals surface area contributed by atoms with Crippen molar-refractivity contribution in [3.63, 3.8) is 0 Å². The maximum Gasteiger partial charge on any atom is 0.274 e. The van der Waals surface area contributed by atoms with Crippen LogP contribution in [-0.4, -0.2) is 51.3 Å². The smallest absolute Gasteiger partial charge is 0.274 e. The second-order valence-electron chi connectivity index (χ2n) is 8.42. The van der Waals surface area contributed by atoms with Gasteiger partial charge in [-0.3, -0.25) is 9.59 Å². The molecule has 1 aromatic carbocycles. The van der Waals surface area contributed by atoms with Crippen molar-refractivity contribution in [2.75, 3.05) is 13.6 Å². The van der Waals surface area contributed by atoms with Gasteiger partial charge in [0.1, 0.15) is 6.04 Å². The minimum atomic E-state index is -0.483. The van der Waals surface area contributed by atoms with Crippen LogP contribution in [0.15, 0.2) is 24.3 Å². The first-order valence-corrected chi connectivity index (χ1v) is 9.83. The molecule has 0 bridgehead atoms. The summed E-state index contributed by atoms with van der Waals surface area (Å²) >= 11 is 0. The van der Waals surface area contributed by atoms with Gasteiger partial charge in [-0.25, -0.2) is 4.68 Å². The fraction of sp³-hybridized carbons (Fsp3) is 0.524. The van der Waals surface area contributed by atoms with Crippen molar-refractivity contribution in [1.29, 1.82) is 0 Å². The SMILES string of the molecule is CCCc1c(C(=O)NC2CCN(C)C2=O)nnn1-c1ccc(C(C)(C)C)cc1. The molecule has 0 saturated carbocycles. The highest BCUT2D eigenvalue weighted by Gasteiger charge is 2.32. The van der Waals surface area contributed by atoms with Crippen LogP contribution in [0.1, 0.15) is 62.3 Å². The molecule has 0 spiro atoms. The molecule has 1 aromatic heterocycles. The molecule has 2 aromatic rings. The summed E-state index contributed by atoms with van der Waals surface area (Å²) < 4.78 is 1.73. The summed E-state index contributed by atoms with van der Waals surface area (Å²) in [7, 11) is 1.74. The lowest BCUT2D eigenvalue weighted by Crippen LogP contribution is -2.41. The Morgan fingerprint density at radius 3 is 2.46 bits per heavy atom. The van der Waals surface area contributed by atoms with Crippen molar-refractivity contribution in [2.45, 2.75) is 58.4 Å². The number of likely N-dealkylation sites (tertiary alicyclic amines) is 1. The Morgan fingerprint density at radius 1 is 1.25 bits per heavy atom. The number of benzene rings is 1. The van der Waals surface area contributed by atoms with E-state index >= 15 is 0 Å². The number of hydrogen-bond donors (Lipinski definition) is 1. The fourth-order valence-electron chi connectivity index (χ4n) is 3.43. The van der Waals surface area contributed by atoms with Crippen LogP contribution in [-0.2, 0) is 16.6 Å². The highest BCUT2D eigenvalue weighted by Crippen LogP contribution is 2.24. The van der Waals surface area contributed by atoms with Crippen LogP contribution in [0.2, 0.25) is 0 Å². The summed E-state index contributed by atoms with van der Waals surface area (Å²) in [4.78, 5) is 26.5. The molecule has 2 amide bonds. The van der Waals surface area contributed by atoms with Crippen LogP contribution in [0.4, 0.5) is 0 Å². The van der Waals surface area contributed by atoms with E-state index in [1.54, 1.807) is 16.6 Å². The first kappa shape index (κ1) is 20.0. The molecule has 0 aliphatic carbocycles. The average Bonchev–Trinajstić information content (AvgIpc) is 3.20. The van der Waals surface area contributed by atoms with Gasteiger partial charge < -0.3 is 10.2 Å². The summed E-state index contributed by atoms with van der Waals surface area (Å²) in [6.07, 6.45) is 2.15. The number of carbonyl (C=O) groups excluding carboxylic acids is 2. The van der Waals surface area contributed by atoms with Gasteiger partial charge in [0.25, 0.3) is 5.91 Å². The largest absolute Gasteiger partial charge is 0.344 e. The predicted molar refractivity (Wildman–Crippen MR) is 108 cm³/mol. The summed E-state index contributed by atoms with van der Waals surface area (Å²) in [6, 6.07) is 7.69. The maximum absolute atomic E-state index is 12.8. The molecule has 1 aliphatic rings. The van der Waals surface area contributed by atoms with Gasteiger partial charge in [-0.1, -0.05) is 51.5 Å². The molecule has 3 rings (SSSR count). The van der Waals surface area contributed by atoms with Crippen molar-refractivity contribution in [3.05, 3.63) is 41.2 Å². The van der Waals surface area contributed by atoms with E-state index in [2.05, 4.69) is 55.5 Å².